The Morgan fingerprint density at radius 2 is 1.69 bits per heavy atom. The van der Waals surface area contributed by atoms with Crippen LogP contribution in [0.25, 0.3) is 0 Å². The van der Waals surface area contributed by atoms with Crippen LogP contribution >= 0.6 is 0 Å². The molecule has 0 radical (unpaired) electrons. The summed E-state index contributed by atoms with van der Waals surface area (Å²) in [5, 5.41) is 3.41. The van der Waals surface area contributed by atoms with Gasteiger partial charge in [-0.1, -0.05) is 0 Å². The first kappa shape index (κ1) is 10.1. The van der Waals surface area contributed by atoms with E-state index in [0.717, 1.165) is 43.5 Å². The molecule has 1 saturated carbocycles. The molecule has 3 rings (SSSR count). The van der Waals surface area contributed by atoms with Gasteiger partial charge in [-0.3, -0.25) is 0 Å². The van der Waals surface area contributed by atoms with Gasteiger partial charge < -0.3 is 10.1 Å². The number of hydrogen-bond acceptors (Lipinski definition) is 2. The van der Waals surface area contributed by atoms with Gasteiger partial charge in [-0.2, -0.15) is 0 Å². The molecule has 16 heavy (non-hydrogen) atoms. The van der Waals surface area contributed by atoms with E-state index in [1.165, 1.54) is 12.1 Å². The van der Waals surface area contributed by atoms with E-state index in [1.807, 2.05) is 0 Å². The first-order valence-electron chi connectivity index (χ1n) is 5.94. The molecule has 0 amide bonds. The van der Waals surface area contributed by atoms with Gasteiger partial charge in [0.05, 0.1) is 6.10 Å². The van der Waals surface area contributed by atoms with Gasteiger partial charge in [0.1, 0.15) is 11.6 Å². The monoisotopic (exact) mass is 221 g/mol. The lowest BCUT2D eigenvalue weighted by Crippen LogP contribution is -2.18. The van der Waals surface area contributed by atoms with Crippen LogP contribution in [0.2, 0.25) is 0 Å². The first-order valence-corrected chi connectivity index (χ1v) is 5.94. The minimum atomic E-state index is -0.208. The number of fused-ring (bicyclic) bond motifs is 1. The molecule has 1 heterocycles. The minimum absolute atomic E-state index is 0.208. The molecule has 1 N–H and O–H groups in total. The lowest BCUT2D eigenvalue weighted by Gasteiger charge is -2.14. The Morgan fingerprint density at radius 1 is 1.06 bits per heavy atom. The van der Waals surface area contributed by atoms with Gasteiger partial charge in [-0.25, -0.2) is 4.39 Å². The number of nitrogens with one attached hydrogen (secondary N) is 1. The Labute approximate surface area is 94.8 Å². The maximum atomic E-state index is 12.7. The quantitative estimate of drug-likeness (QED) is 0.826. The predicted molar refractivity (Wildman–Crippen MR) is 59.9 cm³/mol. The molecule has 86 valence electrons. The van der Waals surface area contributed by atoms with Gasteiger partial charge in [0.2, 0.25) is 0 Å². The van der Waals surface area contributed by atoms with E-state index in [-0.39, 0.29) is 5.82 Å². The van der Waals surface area contributed by atoms with E-state index >= 15 is 0 Å². The average Bonchev–Trinajstić information content (AvgIpc) is 2.81. The normalized spacial score (nSPS) is 32.7. The highest BCUT2D eigenvalue weighted by Gasteiger charge is 2.38. The predicted octanol–water partition coefficient (Wildman–Crippen LogP) is 2.20. The highest BCUT2D eigenvalue weighted by Crippen LogP contribution is 2.36. The number of hydrogen-bond donors (Lipinski definition) is 1. The lowest BCUT2D eigenvalue weighted by molar-refractivity contribution is 0.199. The molecule has 2 fully saturated rings. The first-order chi connectivity index (χ1) is 7.81. The highest BCUT2D eigenvalue weighted by molar-refractivity contribution is 5.22. The molecule has 2 atom stereocenters. The summed E-state index contributed by atoms with van der Waals surface area (Å²) >= 11 is 0. The maximum Gasteiger partial charge on any atom is 0.123 e. The summed E-state index contributed by atoms with van der Waals surface area (Å²) in [6.07, 6.45) is 2.59. The zero-order valence-electron chi connectivity index (χ0n) is 9.16. The SMILES string of the molecule is Fc1ccc(OC2CC3CNCC3C2)cc1. The zero-order valence-corrected chi connectivity index (χ0v) is 9.16. The van der Waals surface area contributed by atoms with Crippen molar-refractivity contribution in [3.63, 3.8) is 0 Å². The second kappa shape index (κ2) is 4.06. The van der Waals surface area contributed by atoms with E-state index in [1.54, 1.807) is 12.1 Å². The fraction of sp³-hybridized carbons (Fsp3) is 0.538. The molecule has 3 heteroatoms. The standard InChI is InChI=1S/C13H16FNO/c14-11-1-3-12(4-2-11)16-13-5-9-7-15-8-10(9)6-13/h1-4,9-10,13,15H,5-8H2. The summed E-state index contributed by atoms with van der Waals surface area (Å²) in [6, 6.07) is 6.32. The van der Waals surface area contributed by atoms with E-state index in [4.69, 9.17) is 4.74 Å². The van der Waals surface area contributed by atoms with Crippen LogP contribution in [-0.2, 0) is 0 Å². The smallest absolute Gasteiger partial charge is 0.123 e. The van der Waals surface area contributed by atoms with Crippen molar-refractivity contribution in [1.82, 2.24) is 5.32 Å². The summed E-state index contributed by atoms with van der Waals surface area (Å²) in [4.78, 5) is 0. The van der Waals surface area contributed by atoms with Gasteiger partial charge >= 0.3 is 0 Å². The van der Waals surface area contributed by atoms with Crippen molar-refractivity contribution in [2.45, 2.75) is 18.9 Å². The van der Waals surface area contributed by atoms with E-state index in [0.29, 0.717) is 6.10 Å². The van der Waals surface area contributed by atoms with Crippen LogP contribution in [0.5, 0.6) is 5.75 Å². The molecule has 0 spiro atoms. The molecule has 1 aromatic rings. The van der Waals surface area contributed by atoms with Crippen LogP contribution in [0, 0.1) is 17.7 Å². The van der Waals surface area contributed by atoms with Crippen LogP contribution in [0.3, 0.4) is 0 Å². The van der Waals surface area contributed by atoms with Gasteiger partial charge in [0, 0.05) is 0 Å². The Hall–Kier alpha value is -1.09. The van der Waals surface area contributed by atoms with E-state index < -0.39 is 0 Å². The highest BCUT2D eigenvalue weighted by atomic mass is 19.1. The van der Waals surface area contributed by atoms with Crippen molar-refractivity contribution in [2.75, 3.05) is 13.1 Å². The molecule has 2 unspecified atom stereocenters. The fourth-order valence-electron chi connectivity index (χ4n) is 2.91. The zero-order chi connectivity index (χ0) is 11.0. The van der Waals surface area contributed by atoms with Crippen molar-refractivity contribution in [2.24, 2.45) is 11.8 Å². The molecule has 1 aromatic carbocycles. The van der Waals surface area contributed by atoms with Crippen LogP contribution in [0.15, 0.2) is 24.3 Å². The van der Waals surface area contributed by atoms with E-state index in [2.05, 4.69) is 5.32 Å². The van der Waals surface area contributed by atoms with Gasteiger partial charge in [0.15, 0.2) is 0 Å². The molecular weight excluding hydrogens is 205 g/mol. The number of ether oxygens (including phenoxy) is 1. The van der Waals surface area contributed by atoms with Crippen LogP contribution in [0.4, 0.5) is 4.39 Å². The summed E-state index contributed by atoms with van der Waals surface area (Å²) in [6.45, 7) is 2.27. The van der Waals surface area contributed by atoms with Gasteiger partial charge in [-0.05, 0) is 62.0 Å². The summed E-state index contributed by atoms with van der Waals surface area (Å²) in [5.74, 6) is 2.15. The summed E-state index contributed by atoms with van der Waals surface area (Å²) in [5.41, 5.74) is 0. The number of halogens is 1. The van der Waals surface area contributed by atoms with Crippen molar-refractivity contribution in [3.05, 3.63) is 30.1 Å². The van der Waals surface area contributed by atoms with Crippen molar-refractivity contribution < 1.29 is 9.13 Å². The second-order valence-corrected chi connectivity index (χ2v) is 4.84. The number of rotatable bonds is 2. The van der Waals surface area contributed by atoms with Gasteiger partial charge in [0.25, 0.3) is 0 Å². The Kier molecular flexibility index (Phi) is 2.56. The molecule has 1 saturated heterocycles. The molecule has 1 aliphatic heterocycles. The molecule has 2 aliphatic rings. The van der Waals surface area contributed by atoms with Crippen LogP contribution < -0.4 is 10.1 Å². The largest absolute Gasteiger partial charge is 0.490 e. The summed E-state index contributed by atoms with van der Waals surface area (Å²) in [7, 11) is 0. The summed E-state index contributed by atoms with van der Waals surface area (Å²) < 4.78 is 18.6. The average molecular weight is 221 g/mol. The third kappa shape index (κ3) is 1.92. The minimum Gasteiger partial charge on any atom is -0.490 e. The molecule has 0 aromatic heterocycles. The third-order valence-corrected chi connectivity index (χ3v) is 3.73. The second-order valence-electron chi connectivity index (χ2n) is 4.84. The lowest BCUT2D eigenvalue weighted by atomic mass is 10.0. The van der Waals surface area contributed by atoms with Crippen LogP contribution in [-0.4, -0.2) is 19.2 Å². The van der Waals surface area contributed by atoms with Crippen molar-refractivity contribution >= 4 is 0 Å². The van der Waals surface area contributed by atoms with E-state index in [9.17, 15) is 4.39 Å². The Balaban J connectivity index is 1.62. The molecular formula is C13H16FNO. The maximum absolute atomic E-state index is 12.7. The van der Waals surface area contributed by atoms with Crippen LogP contribution in [0.1, 0.15) is 12.8 Å². The van der Waals surface area contributed by atoms with Crippen molar-refractivity contribution in [3.8, 4) is 5.75 Å². The topological polar surface area (TPSA) is 21.3 Å². The molecule has 1 aliphatic carbocycles. The Bertz CT molecular complexity index is 353. The molecule has 0 bridgehead atoms. The van der Waals surface area contributed by atoms with Gasteiger partial charge in [-0.15, -0.1) is 0 Å². The molecule has 2 nitrogen and oxygen atoms in total. The number of benzene rings is 1. The van der Waals surface area contributed by atoms with Crippen molar-refractivity contribution in [1.29, 1.82) is 0 Å². The third-order valence-electron chi connectivity index (χ3n) is 3.73. The Morgan fingerprint density at radius 3 is 2.31 bits per heavy atom. The fourth-order valence-corrected chi connectivity index (χ4v) is 2.91.